The van der Waals surface area contributed by atoms with Gasteiger partial charge in [0.15, 0.2) is 0 Å². The highest BCUT2D eigenvalue weighted by Crippen LogP contribution is 2.36. The number of hydrogen-bond acceptors (Lipinski definition) is 4. The van der Waals surface area contributed by atoms with Gasteiger partial charge in [-0.25, -0.2) is 0 Å². The van der Waals surface area contributed by atoms with Crippen LogP contribution in [-0.4, -0.2) is 49.3 Å². The van der Waals surface area contributed by atoms with Crippen LogP contribution >= 0.6 is 11.8 Å². The minimum Gasteiger partial charge on any atom is -0.365 e. The van der Waals surface area contributed by atoms with Crippen LogP contribution in [0.2, 0.25) is 0 Å². The third kappa shape index (κ3) is 6.05. The van der Waals surface area contributed by atoms with Gasteiger partial charge in [0.1, 0.15) is 0 Å². The second kappa shape index (κ2) is 10.6. The van der Waals surface area contributed by atoms with Crippen LogP contribution in [0, 0.1) is 11.8 Å². The van der Waals surface area contributed by atoms with Crippen LogP contribution in [0.5, 0.6) is 0 Å². The Balaban J connectivity index is 1.32. The fraction of sp³-hybridized carbons (Fsp3) is 0.500. The van der Waals surface area contributed by atoms with E-state index in [-0.39, 0.29) is 5.91 Å². The van der Waals surface area contributed by atoms with Crippen LogP contribution in [0.25, 0.3) is 0 Å². The molecule has 166 valence electrons. The lowest BCUT2D eigenvalue weighted by molar-refractivity contribution is 0.0947. The summed E-state index contributed by atoms with van der Waals surface area (Å²) in [6.45, 7) is 10.8. The summed E-state index contributed by atoms with van der Waals surface area (Å²) in [4.78, 5) is 19.0. The van der Waals surface area contributed by atoms with Crippen LogP contribution < -0.4 is 10.2 Å². The first kappa shape index (κ1) is 22.2. The topological polar surface area (TPSA) is 35.6 Å². The Kier molecular flexibility index (Phi) is 7.57. The smallest absolute Gasteiger partial charge is 0.251 e. The molecular weight excluding hydrogens is 402 g/mol. The molecule has 4 nitrogen and oxygen atoms in total. The molecule has 1 fully saturated rings. The number of fused-ring (bicyclic) bond motifs is 1. The van der Waals surface area contributed by atoms with E-state index < -0.39 is 0 Å². The molecule has 0 bridgehead atoms. The summed E-state index contributed by atoms with van der Waals surface area (Å²) >= 11 is 1.88. The fourth-order valence-electron chi connectivity index (χ4n) is 4.96. The number of nitrogens with zero attached hydrogens (tertiary/aromatic N) is 2. The van der Waals surface area contributed by atoms with Crippen LogP contribution in [0.4, 0.5) is 5.69 Å². The molecule has 1 saturated heterocycles. The summed E-state index contributed by atoms with van der Waals surface area (Å²) < 4.78 is 0. The summed E-state index contributed by atoms with van der Waals surface area (Å²) in [7, 11) is 0. The van der Waals surface area contributed by atoms with Gasteiger partial charge in [-0.3, -0.25) is 4.79 Å². The fourth-order valence-corrected chi connectivity index (χ4v) is 6.00. The first-order chi connectivity index (χ1) is 15.1. The predicted octanol–water partition coefficient (Wildman–Crippen LogP) is 4.90. The molecule has 0 aliphatic carbocycles. The maximum absolute atomic E-state index is 12.8. The molecule has 2 atom stereocenters. The van der Waals surface area contributed by atoms with Crippen LogP contribution in [0.15, 0.2) is 53.4 Å². The number of nitrogens with one attached hydrogen (secondary N) is 1. The highest BCUT2D eigenvalue weighted by molar-refractivity contribution is 7.99. The highest BCUT2D eigenvalue weighted by atomic mass is 32.2. The lowest BCUT2D eigenvalue weighted by Crippen LogP contribution is -2.40. The van der Waals surface area contributed by atoms with E-state index in [1.54, 1.807) is 0 Å². The minimum absolute atomic E-state index is 0.0402. The van der Waals surface area contributed by atoms with Crippen molar-refractivity contribution in [1.82, 2.24) is 10.2 Å². The van der Waals surface area contributed by atoms with Gasteiger partial charge in [0.05, 0.1) is 5.69 Å². The average Bonchev–Trinajstić information content (AvgIpc) is 2.76. The first-order valence-corrected chi connectivity index (χ1v) is 12.6. The van der Waals surface area contributed by atoms with Crippen molar-refractivity contribution >= 4 is 23.4 Å². The Morgan fingerprint density at radius 1 is 1.10 bits per heavy atom. The molecule has 31 heavy (non-hydrogen) atoms. The zero-order chi connectivity index (χ0) is 21.6. The summed E-state index contributed by atoms with van der Waals surface area (Å²) in [5.41, 5.74) is 3.25. The molecule has 0 aromatic heterocycles. The van der Waals surface area contributed by atoms with E-state index in [4.69, 9.17) is 0 Å². The molecule has 4 rings (SSSR count). The second-order valence-corrected chi connectivity index (χ2v) is 10.4. The van der Waals surface area contributed by atoms with Crippen molar-refractivity contribution in [3.8, 4) is 0 Å². The maximum Gasteiger partial charge on any atom is 0.251 e. The quantitative estimate of drug-likeness (QED) is 0.625. The normalized spacial score (nSPS) is 21.5. The van der Waals surface area contributed by atoms with Gasteiger partial charge in [-0.15, -0.1) is 11.8 Å². The van der Waals surface area contributed by atoms with E-state index in [0.717, 1.165) is 55.8 Å². The summed E-state index contributed by atoms with van der Waals surface area (Å²) in [6.07, 6.45) is 2.34. The molecule has 2 aromatic rings. The number of piperidine rings is 1. The predicted molar refractivity (Wildman–Crippen MR) is 131 cm³/mol. The maximum atomic E-state index is 12.8. The number of thioether (sulfide) groups is 1. The third-order valence-corrected chi connectivity index (χ3v) is 7.32. The lowest BCUT2D eigenvalue weighted by Gasteiger charge is -2.34. The number of likely N-dealkylation sites (tertiary alicyclic amines) is 1. The van der Waals surface area contributed by atoms with E-state index in [9.17, 15) is 4.79 Å². The number of benzene rings is 2. The van der Waals surface area contributed by atoms with Crippen molar-refractivity contribution in [3.05, 3.63) is 59.7 Å². The van der Waals surface area contributed by atoms with Crippen molar-refractivity contribution < 1.29 is 4.79 Å². The highest BCUT2D eigenvalue weighted by Gasteiger charge is 2.22. The van der Waals surface area contributed by atoms with E-state index in [1.807, 2.05) is 17.8 Å². The van der Waals surface area contributed by atoms with E-state index in [1.165, 1.54) is 35.7 Å². The molecule has 0 spiro atoms. The monoisotopic (exact) mass is 437 g/mol. The third-order valence-electron chi connectivity index (χ3n) is 6.28. The number of rotatable bonds is 7. The van der Waals surface area contributed by atoms with Crippen molar-refractivity contribution in [2.24, 2.45) is 11.8 Å². The molecule has 0 radical (unpaired) electrons. The Labute approximate surface area is 191 Å². The molecule has 2 aliphatic heterocycles. The second-order valence-electron chi connectivity index (χ2n) is 9.25. The van der Waals surface area contributed by atoms with Gasteiger partial charge in [-0.1, -0.05) is 44.2 Å². The Morgan fingerprint density at radius 2 is 1.87 bits per heavy atom. The largest absolute Gasteiger partial charge is 0.365 e. The van der Waals surface area contributed by atoms with Gasteiger partial charge in [-0.2, -0.15) is 0 Å². The van der Waals surface area contributed by atoms with E-state index in [0.29, 0.717) is 0 Å². The van der Waals surface area contributed by atoms with Gasteiger partial charge in [0, 0.05) is 48.9 Å². The standard InChI is InChI=1S/C26H35N3OS/c1-20-15-21(2)18-28(17-20)12-6-11-27-26(30)23-9-10-25-24(16-23)29(13-14-31-25)19-22-7-4-3-5-8-22/h3-5,7-10,16,20-21H,6,11-15,17-19H2,1-2H3,(H,27,30)/t20-,21-/m0/s1. The van der Waals surface area contributed by atoms with Gasteiger partial charge in [-0.05, 0) is 55.0 Å². The zero-order valence-electron chi connectivity index (χ0n) is 18.8. The number of carbonyl (C=O) groups is 1. The van der Waals surface area contributed by atoms with Crippen LogP contribution in [0.1, 0.15) is 42.6 Å². The van der Waals surface area contributed by atoms with Crippen molar-refractivity contribution in [2.45, 2.75) is 38.1 Å². The van der Waals surface area contributed by atoms with E-state index >= 15 is 0 Å². The zero-order valence-corrected chi connectivity index (χ0v) is 19.7. The van der Waals surface area contributed by atoms with Gasteiger partial charge in [0.25, 0.3) is 5.91 Å². The molecule has 2 aliphatic rings. The molecule has 2 heterocycles. The average molecular weight is 438 g/mol. The van der Waals surface area contributed by atoms with Gasteiger partial charge >= 0.3 is 0 Å². The number of anilines is 1. The number of hydrogen-bond donors (Lipinski definition) is 1. The molecule has 0 unspecified atom stereocenters. The van der Waals surface area contributed by atoms with Gasteiger partial charge < -0.3 is 15.1 Å². The van der Waals surface area contributed by atoms with Crippen molar-refractivity contribution in [3.63, 3.8) is 0 Å². The molecule has 0 saturated carbocycles. The number of amides is 1. The SMILES string of the molecule is C[C@H]1C[C@H](C)CN(CCCNC(=O)c2ccc3c(c2)N(Cc2ccccc2)CCS3)C1. The van der Waals surface area contributed by atoms with Crippen LogP contribution in [0.3, 0.4) is 0 Å². The Bertz CT molecular complexity index is 862. The van der Waals surface area contributed by atoms with Crippen molar-refractivity contribution in [1.29, 1.82) is 0 Å². The Hall–Kier alpha value is -1.98. The molecule has 5 heteroatoms. The molecule has 2 aromatic carbocycles. The van der Waals surface area contributed by atoms with Crippen LogP contribution in [-0.2, 0) is 6.54 Å². The molecule has 1 N–H and O–H groups in total. The lowest BCUT2D eigenvalue weighted by atomic mass is 9.92. The first-order valence-electron chi connectivity index (χ1n) is 11.6. The summed E-state index contributed by atoms with van der Waals surface area (Å²) in [5.74, 6) is 2.69. The Morgan fingerprint density at radius 3 is 2.65 bits per heavy atom. The van der Waals surface area contributed by atoms with E-state index in [2.05, 4.69) is 71.4 Å². The summed E-state index contributed by atoms with van der Waals surface area (Å²) in [5, 5.41) is 3.14. The molecule has 1 amide bonds. The van der Waals surface area contributed by atoms with Gasteiger partial charge in [0.2, 0.25) is 0 Å². The summed E-state index contributed by atoms with van der Waals surface area (Å²) in [6, 6.07) is 16.7. The number of carbonyl (C=O) groups excluding carboxylic acids is 1. The molecular formula is C26H35N3OS. The van der Waals surface area contributed by atoms with Crippen molar-refractivity contribution in [2.75, 3.05) is 43.4 Å². The minimum atomic E-state index is 0.0402.